The number of hydrogen-bond donors (Lipinski definition) is 1. The molecular weight excluding hydrogens is 202 g/mol. The van der Waals surface area contributed by atoms with Crippen LogP contribution in [-0.4, -0.2) is 5.25 Å². The first-order chi connectivity index (χ1) is 7.24. The third-order valence-electron chi connectivity index (χ3n) is 2.93. The standard InChI is InChI=1S/C13H19NS/c1-10-7-11(14)9-13(8-10)15-12-5-3-2-4-6-12/h7-9,12H,2-6,14H2,1H3. The van der Waals surface area contributed by atoms with Crippen molar-refractivity contribution in [3.8, 4) is 0 Å². The number of hydrogen-bond acceptors (Lipinski definition) is 2. The number of rotatable bonds is 2. The van der Waals surface area contributed by atoms with E-state index in [0.29, 0.717) is 0 Å². The lowest BCUT2D eigenvalue weighted by Crippen LogP contribution is -2.07. The summed E-state index contributed by atoms with van der Waals surface area (Å²) in [6.07, 6.45) is 6.97. The number of aryl methyl sites for hydroxylation is 1. The van der Waals surface area contributed by atoms with Gasteiger partial charge in [0.1, 0.15) is 0 Å². The molecule has 0 saturated heterocycles. The minimum atomic E-state index is 0.819. The van der Waals surface area contributed by atoms with E-state index in [4.69, 9.17) is 5.73 Å². The minimum absolute atomic E-state index is 0.819. The molecule has 1 nitrogen and oxygen atoms in total. The average Bonchev–Trinajstić information content (AvgIpc) is 2.17. The fourth-order valence-corrected chi connectivity index (χ4v) is 3.63. The molecule has 0 bridgehead atoms. The summed E-state index contributed by atoms with van der Waals surface area (Å²) in [5.41, 5.74) is 8.02. The first kappa shape index (κ1) is 10.9. The summed E-state index contributed by atoms with van der Waals surface area (Å²) in [4.78, 5) is 1.35. The second-order valence-electron chi connectivity index (χ2n) is 4.46. The number of nitrogens with two attached hydrogens (primary N) is 1. The fraction of sp³-hybridized carbons (Fsp3) is 0.538. The van der Waals surface area contributed by atoms with Gasteiger partial charge in [0.05, 0.1) is 0 Å². The fourth-order valence-electron chi connectivity index (χ4n) is 2.22. The average molecular weight is 221 g/mol. The summed E-state index contributed by atoms with van der Waals surface area (Å²) in [5.74, 6) is 0. The molecule has 0 heterocycles. The summed E-state index contributed by atoms with van der Waals surface area (Å²) < 4.78 is 0. The van der Waals surface area contributed by atoms with E-state index in [9.17, 15) is 0 Å². The van der Waals surface area contributed by atoms with Crippen LogP contribution in [0, 0.1) is 6.92 Å². The number of thioether (sulfide) groups is 1. The molecule has 0 amide bonds. The Balaban J connectivity index is 2.02. The zero-order chi connectivity index (χ0) is 10.7. The van der Waals surface area contributed by atoms with E-state index in [-0.39, 0.29) is 0 Å². The van der Waals surface area contributed by atoms with Crippen LogP contribution < -0.4 is 5.73 Å². The Bertz CT molecular complexity index is 309. The number of anilines is 1. The molecule has 1 saturated carbocycles. The molecule has 0 atom stereocenters. The highest BCUT2D eigenvalue weighted by Gasteiger charge is 2.14. The largest absolute Gasteiger partial charge is 0.399 e. The van der Waals surface area contributed by atoms with Gasteiger partial charge >= 0.3 is 0 Å². The van der Waals surface area contributed by atoms with Gasteiger partial charge in [0, 0.05) is 15.8 Å². The zero-order valence-corrected chi connectivity index (χ0v) is 10.1. The summed E-state index contributed by atoms with van der Waals surface area (Å²) in [6.45, 7) is 2.11. The van der Waals surface area contributed by atoms with E-state index in [1.165, 1.54) is 42.6 Å². The molecule has 1 aromatic rings. The van der Waals surface area contributed by atoms with Crippen molar-refractivity contribution < 1.29 is 0 Å². The molecule has 1 aromatic carbocycles. The Morgan fingerprint density at radius 2 is 1.87 bits per heavy atom. The van der Waals surface area contributed by atoms with Crippen molar-refractivity contribution in [1.29, 1.82) is 0 Å². The maximum atomic E-state index is 5.85. The molecule has 82 valence electrons. The van der Waals surface area contributed by atoms with Gasteiger partial charge in [-0.2, -0.15) is 0 Å². The highest BCUT2D eigenvalue weighted by Crippen LogP contribution is 2.34. The van der Waals surface area contributed by atoms with Crippen LogP contribution in [0.1, 0.15) is 37.7 Å². The zero-order valence-electron chi connectivity index (χ0n) is 9.33. The van der Waals surface area contributed by atoms with Gasteiger partial charge in [-0.1, -0.05) is 19.3 Å². The summed E-state index contributed by atoms with van der Waals surface area (Å²) in [5, 5.41) is 0.819. The van der Waals surface area contributed by atoms with Crippen LogP contribution in [0.3, 0.4) is 0 Å². The van der Waals surface area contributed by atoms with Crippen LogP contribution in [0.15, 0.2) is 23.1 Å². The molecule has 0 unspecified atom stereocenters. The van der Waals surface area contributed by atoms with Crippen molar-refractivity contribution in [1.82, 2.24) is 0 Å². The van der Waals surface area contributed by atoms with Crippen LogP contribution in [0.25, 0.3) is 0 Å². The summed E-state index contributed by atoms with van der Waals surface area (Å²) >= 11 is 2.01. The molecule has 0 aliphatic heterocycles. The van der Waals surface area contributed by atoms with Crippen molar-refractivity contribution in [3.05, 3.63) is 23.8 Å². The van der Waals surface area contributed by atoms with Gasteiger partial charge in [-0.3, -0.25) is 0 Å². The predicted molar refractivity (Wildman–Crippen MR) is 68.3 cm³/mol. The lowest BCUT2D eigenvalue weighted by molar-refractivity contribution is 0.516. The molecule has 2 rings (SSSR count). The Labute approximate surface area is 96.4 Å². The Kier molecular flexibility index (Phi) is 3.57. The summed E-state index contributed by atoms with van der Waals surface area (Å²) in [7, 11) is 0. The Morgan fingerprint density at radius 1 is 1.13 bits per heavy atom. The maximum Gasteiger partial charge on any atom is 0.0327 e. The van der Waals surface area contributed by atoms with Gasteiger partial charge in [0.2, 0.25) is 0 Å². The second kappa shape index (κ2) is 4.93. The lowest BCUT2D eigenvalue weighted by Gasteiger charge is -2.21. The normalized spacial score (nSPS) is 17.9. The van der Waals surface area contributed by atoms with Crippen molar-refractivity contribution in [3.63, 3.8) is 0 Å². The van der Waals surface area contributed by atoms with Crippen LogP contribution >= 0.6 is 11.8 Å². The SMILES string of the molecule is Cc1cc(N)cc(SC2CCCCC2)c1. The third kappa shape index (κ3) is 3.16. The number of benzene rings is 1. The van der Waals surface area contributed by atoms with Crippen LogP contribution in [0.5, 0.6) is 0 Å². The predicted octanol–water partition coefficient (Wildman–Crippen LogP) is 4.00. The molecule has 2 heteroatoms. The molecule has 0 spiro atoms. The van der Waals surface area contributed by atoms with Crippen molar-refractivity contribution in [2.75, 3.05) is 5.73 Å². The maximum absolute atomic E-state index is 5.85. The highest BCUT2D eigenvalue weighted by molar-refractivity contribution is 8.00. The van der Waals surface area contributed by atoms with Gasteiger partial charge < -0.3 is 5.73 Å². The van der Waals surface area contributed by atoms with E-state index in [2.05, 4.69) is 19.1 Å². The Morgan fingerprint density at radius 3 is 2.53 bits per heavy atom. The van der Waals surface area contributed by atoms with E-state index >= 15 is 0 Å². The van der Waals surface area contributed by atoms with E-state index in [1.54, 1.807) is 0 Å². The van der Waals surface area contributed by atoms with Gasteiger partial charge in [-0.25, -0.2) is 0 Å². The third-order valence-corrected chi connectivity index (χ3v) is 4.24. The van der Waals surface area contributed by atoms with Crippen LogP contribution in [-0.2, 0) is 0 Å². The molecule has 15 heavy (non-hydrogen) atoms. The topological polar surface area (TPSA) is 26.0 Å². The van der Waals surface area contributed by atoms with E-state index < -0.39 is 0 Å². The van der Waals surface area contributed by atoms with Crippen molar-refractivity contribution in [2.24, 2.45) is 0 Å². The molecule has 2 N–H and O–H groups in total. The molecule has 1 aliphatic rings. The van der Waals surface area contributed by atoms with Crippen molar-refractivity contribution >= 4 is 17.4 Å². The monoisotopic (exact) mass is 221 g/mol. The highest BCUT2D eigenvalue weighted by atomic mass is 32.2. The molecule has 0 aromatic heterocycles. The molecular formula is C13H19NS. The first-order valence-electron chi connectivity index (χ1n) is 5.78. The Hall–Kier alpha value is -0.630. The van der Waals surface area contributed by atoms with Crippen LogP contribution in [0.2, 0.25) is 0 Å². The van der Waals surface area contributed by atoms with E-state index in [1.807, 2.05) is 17.8 Å². The first-order valence-corrected chi connectivity index (χ1v) is 6.66. The molecule has 1 aliphatic carbocycles. The van der Waals surface area contributed by atoms with Gasteiger partial charge in [0.15, 0.2) is 0 Å². The smallest absolute Gasteiger partial charge is 0.0327 e. The van der Waals surface area contributed by atoms with Gasteiger partial charge in [0.25, 0.3) is 0 Å². The summed E-state index contributed by atoms with van der Waals surface area (Å²) in [6, 6.07) is 6.38. The van der Waals surface area contributed by atoms with Gasteiger partial charge in [-0.05, 0) is 43.5 Å². The quantitative estimate of drug-likeness (QED) is 0.764. The van der Waals surface area contributed by atoms with Gasteiger partial charge in [-0.15, -0.1) is 11.8 Å². The lowest BCUT2D eigenvalue weighted by atomic mass is 10.0. The molecule has 0 radical (unpaired) electrons. The minimum Gasteiger partial charge on any atom is -0.399 e. The van der Waals surface area contributed by atoms with Crippen LogP contribution in [0.4, 0.5) is 5.69 Å². The van der Waals surface area contributed by atoms with Crippen molar-refractivity contribution in [2.45, 2.75) is 49.2 Å². The van der Waals surface area contributed by atoms with E-state index in [0.717, 1.165) is 10.9 Å². The molecule has 1 fully saturated rings. The number of nitrogen functional groups attached to an aromatic ring is 1. The second-order valence-corrected chi connectivity index (χ2v) is 5.83.